The van der Waals surface area contributed by atoms with E-state index in [2.05, 4.69) is 22.7 Å². The highest BCUT2D eigenvalue weighted by Gasteiger charge is 2.08. The van der Waals surface area contributed by atoms with Gasteiger partial charge in [-0.05, 0) is 37.3 Å². The molecule has 0 atom stereocenters. The van der Waals surface area contributed by atoms with Crippen LogP contribution in [-0.4, -0.2) is 16.9 Å². The Labute approximate surface area is 140 Å². The number of anilines is 1. The predicted molar refractivity (Wildman–Crippen MR) is 92.3 cm³/mol. The molecule has 24 heavy (non-hydrogen) atoms. The molecule has 0 fully saturated rings. The third-order valence-corrected chi connectivity index (χ3v) is 3.17. The van der Waals surface area contributed by atoms with Gasteiger partial charge in [0.2, 0.25) is 5.91 Å². The highest BCUT2D eigenvalue weighted by atomic mass is 16.3. The monoisotopic (exact) mass is 325 g/mol. The van der Waals surface area contributed by atoms with Crippen LogP contribution in [0.5, 0.6) is 5.75 Å². The fraction of sp³-hybridized carbons (Fsp3) is 0.111. The first-order chi connectivity index (χ1) is 11.4. The summed E-state index contributed by atoms with van der Waals surface area (Å²) in [6.07, 6.45) is 0.00813. The molecule has 0 aliphatic carbocycles. The topological polar surface area (TPSA) is 90.5 Å². The summed E-state index contributed by atoms with van der Waals surface area (Å²) in [6.45, 7) is 5.66. The number of hydrogen-bond donors (Lipinski definition) is 4. The number of nitrogens with one attached hydrogen (secondary N) is 3. The van der Waals surface area contributed by atoms with Crippen LogP contribution in [0.4, 0.5) is 5.69 Å². The molecule has 2 amide bonds. The second-order valence-electron chi connectivity index (χ2n) is 5.32. The summed E-state index contributed by atoms with van der Waals surface area (Å²) in [5.74, 6) is -0.687. The lowest BCUT2D eigenvalue weighted by atomic mass is 10.2. The number of amides is 2. The van der Waals surface area contributed by atoms with Crippen molar-refractivity contribution in [2.24, 2.45) is 0 Å². The van der Waals surface area contributed by atoms with E-state index in [0.717, 1.165) is 5.56 Å². The first kappa shape index (κ1) is 17.1. The summed E-state index contributed by atoms with van der Waals surface area (Å²) < 4.78 is 0. The van der Waals surface area contributed by atoms with Gasteiger partial charge < -0.3 is 15.8 Å². The SMILES string of the molecule is C=C(CC(=O)Nc1ccc(C)cc1)NNC(=O)c1cccc(O)c1. The molecule has 0 spiro atoms. The number of carbonyl (C=O) groups is 2. The molecule has 0 bridgehead atoms. The molecule has 0 unspecified atom stereocenters. The minimum absolute atomic E-state index is 0.000970. The molecular formula is C18H19N3O3. The van der Waals surface area contributed by atoms with Gasteiger partial charge in [-0.3, -0.25) is 15.0 Å². The number of hydrazine groups is 1. The van der Waals surface area contributed by atoms with E-state index >= 15 is 0 Å². The van der Waals surface area contributed by atoms with Crippen LogP contribution in [0.25, 0.3) is 0 Å². The van der Waals surface area contributed by atoms with E-state index in [0.29, 0.717) is 16.9 Å². The average Bonchev–Trinajstić information content (AvgIpc) is 2.54. The van der Waals surface area contributed by atoms with Gasteiger partial charge in [0.15, 0.2) is 0 Å². The molecule has 6 heteroatoms. The van der Waals surface area contributed by atoms with Crippen molar-refractivity contribution in [2.45, 2.75) is 13.3 Å². The third-order valence-electron chi connectivity index (χ3n) is 3.17. The van der Waals surface area contributed by atoms with Crippen LogP contribution in [0.1, 0.15) is 22.3 Å². The van der Waals surface area contributed by atoms with E-state index in [1.54, 1.807) is 12.1 Å². The van der Waals surface area contributed by atoms with Crippen molar-refractivity contribution >= 4 is 17.5 Å². The van der Waals surface area contributed by atoms with Crippen LogP contribution in [-0.2, 0) is 4.79 Å². The zero-order valence-corrected chi connectivity index (χ0v) is 13.3. The predicted octanol–water partition coefficient (Wildman–Crippen LogP) is 2.48. The molecule has 0 radical (unpaired) electrons. The van der Waals surface area contributed by atoms with Crippen molar-refractivity contribution in [3.8, 4) is 5.75 Å². The molecule has 0 aliphatic rings. The number of phenols is 1. The summed E-state index contributed by atoms with van der Waals surface area (Å²) in [6, 6.07) is 13.4. The lowest BCUT2D eigenvalue weighted by Gasteiger charge is -2.11. The van der Waals surface area contributed by atoms with Gasteiger partial charge in [-0.15, -0.1) is 0 Å². The van der Waals surface area contributed by atoms with Crippen LogP contribution in [0.3, 0.4) is 0 Å². The Morgan fingerprint density at radius 2 is 1.79 bits per heavy atom. The molecule has 6 nitrogen and oxygen atoms in total. The highest BCUT2D eigenvalue weighted by molar-refractivity contribution is 5.94. The Morgan fingerprint density at radius 1 is 1.08 bits per heavy atom. The molecular weight excluding hydrogens is 306 g/mol. The van der Waals surface area contributed by atoms with Crippen molar-refractivity contribution in [2.75, 3.05) is 5.32 Å². The molecule has 0 heterocycles. The van der Waals surface area contributed by atoms with Gasteiger partial charge in [0, 0.05) is 16.9 Å². The second-order valence-corrected chi connectivity index (χ2v) is 5.32. The smallest absolute Gasteiger partial charge is 0.269 e. The number of hydrogen-bond acceptors (Lipinski definition) is 4. The van der Waals surface area contributed by atoms with Gasteiger partial charge in [-0.2, -0.15) is 0 Å². The first-order valence-electron chi connectivity index (χ1n) is 7.34. The van der Waals surface area contributed by atoms with E-state index in [-0.39, 0.29) is 18.1 Å². The molecule has 4 N–H and O–H groups in total. The van der Waals surface area contributed by atoms with E-state index in [9.17, 15) is 14.7 Å². The zero-order valence-electron chi connectivity index (χ0n) is 13.3. The largest absolute Gasteiger partial charge is 0.508 e. The number of carbonyl (C=O) groups excluding carboxylic acids is 2. The van der Waals surface area contributed by atoms with E-state index in [4.69, 9.17) is 0 Å². The molecule has 0 aromatic heterocycles. The van der Waals surface area contributed by atoms with Gasteiger partial charge in [-0.25, -0.2) is 0 Å². The minimum atomic E-state index is -0.439. The van der Waals surface area contributed by atoms with Crippen LogP contribution in [0, 0.1) is 6.92 Å². The number of benzene rings is 2. The van der Waals surface area contributed by atoms with Gasteiger partial charge in [0.25, 0.3) is 5.91 Å². The van der Waals surface area contributed by atoms with Crippen molar-refractivity contribution in [1.29, 1.82) is 0 Å². The van der Waals surface area contributed by atoms with E-state index in [1.807, 2.05) is 31.2 Å². The Bertz CT molecular complexity index is 754. The standard InChI is InChI=1S/C18H19N3O3/c1-12-6-8-15(9-7-12)19-17(23)10-13(2)20-21-18(24)14-4-3-5-16(22)11-14/h3-9,11,20,22H,2,10H2,1H3,(H,19,23)(H,21,24). The average molecular weight is 325 g/mol. The maximum Gasteiger partial charge on any atom is 0.269 e. The fourth-order valence-corrected chi connectivity index (χ4v) is 1.94. The number of aromatic hydroxyl groups is 1. The minimum Gasteiger partial charge on any atom is -0.508 e. The zero-order chi connectivity index (χ0) is 17.5. The summed E-state index contributed by atoms with van der Waals surface area (Å²) in [5.41, 5.74) is 7.45. The molecule has 2 aromatic rings. The quantitative estimate of drug-likeness (QED) is 0.614. The maximum atomic E-state index is 11.9. The summed E-state index contributed by atoms with van der Waals surface area (Å²) in [4.78, 5) is 23.8. The Balaban J connectivity index is 1.79. The van der Waals surface area contributed by atoms with Crippen molar-refractivity contribution in [1.82, 2.24) is 10.9 Å². The number of phenolic OH excluding ortho intramolecular Hbond substituents is 1. The number of aryl methyl sites for hydroxylation is 1. The molecule has 2 rings (SSSR count). The third kappa shape index (κ3) is 5.17. The van der Waals surface area contributed by atoms with Crippen molar-refractivity contribution < 1.29 is 14.7 Å². The van der Waals surface area contributed by atoms with Crippen LogP contribution in [0.2, 0.25) is 0 Å². The summed E-state index contributed by atoms with van der Waals surface area (Å²) in [5, 5.41) is 12.1. The number of rotatable bonds is 6. The molecule has 0 aliphatic heterocycles. The molecule has 0 saturated heterocycles. The Morgan fingerprint density at radius 3 is 2.46 bits per heavy atom. The maximum absolute atomic E-state index is 11.9. The van der Waals surface area contributed by atoms with Crippen LogP contribution >= 0.6 is 0 Å². The van der Waals surface area contributed by atoms with Gasteiger partial charge in [-0.1, -0.05) is 30.3 Å². The first-order valence-corrected chi connectivity index (χ1v) is 7.34. The van der Waals surface area contributed by atoms with Gasteiger partial charge in [0.1, 0.15) is 5.75 Å². The van der Waals surface area contributed by atoms with Gasteiger partial charge >= 0.3 is 0 Å². The lowest BCUT2D eigenvalue weighted by molar-refractivity contribution is -0.115. The molecule has 2 aromatic carbocycles. The summed E-state index contributed by atoms with van der Waals surface area (Å²) >= 11 is 0. The summed E-state index contributed by atoms with van der Waals surface area (Å²) in [7, 11) is 0. The molecule has 0 saturated carbocycles. The van der Waals surface area contributed by atoms with Crippen LogP contribution in [0.15, 0.2) is 60.8 Å². The van der Waals surface area contributed by atoms with Crippen molar-refractivity contribution in [3.05, 3.63) is 71.9 Å². The van der Waals surface area contributed by atoms with Crippen molar-refractivity contribution in [3.63, 3.8) is 0 Å². The van der Waals surface area contributed by atoms with E-state index < -0.39 is 5.91 Å². The Hall–Kier alpha value is -3.28. The normalized spacial score (nSPS) is 9.88. The fourth-order valence-electron chi connectivity index (χ4n) is 1.94. The van der Waals surface area contributed by atoms with Gasteiger partial charge in [0.05, 0.1) is 6.42 Å². The highest BCUT2D eigenvalue weighted by Crippen LogP contribution is 2.11. The lowest BCUT2D eigenvalue weighted by Crippen LogP contribution is -2.37. The Kier molecular flexibility index (Phi) is 5.57. The van der Waals surface area contributed by atoms with Crippen LogP contribution < -0.4 is 16.2 Å². The van der Waals surface area contributed by atoms with E-state index in [1.165, 1.54) is 12.1 Å². The second kappa shape index (κ2) is 7.82. The molecule has 124 valence electrons.